The van der Waals surface area contributed by atoms with Crippen molar-refractivity contribution in [3.05, 3.63) is 0 Å². The van der Waals surface area contributed by atoms with E-state index in [1.807, 2.05) is 27.7 Å². The molecule has 0 saturated carbocycles. The molecule has 8 heteroatoms. The average Bonchev–Trinajstić information content (AvgIpc) is 2.62. The van der Waals surface area contributed by atoms with Gasteiger partial charge in [0.15, 0.2) is 0 Å². The van der Waals surface area contributed by atoms with Crippen molar-refractivity contribution in [3.63, 3.8) is 0 Å². The molecule has 8 nitrogen and oxygen atoms in total. The van der Waals surface area contributed by atoms with E-state index in [1.54, 1.807) is 0 Å². The molecule has 2 amide bonds. The van der Waals surface area contributed by atoms with Crippen LogP contribution in [0.4, 0.5) is 0 Å². The van der Waals surface area contributed by atoms with Gasteiger partial charge in [0, 0.05) is 32.4 Å². The van der Waals surface area contributed by atoms with Gasteiger partial charge < -0.3 is 24.8 Å². The van der Waals surface area contributed by atoms with Crippen molar-refractivity contribution in [2.75, 3.05) is 46.1 Å². The predicted octanol–water partition coefficient (Wildman–Crippen LogP) is 1.46. The van der Waals surface area contributed by atoms with E-state index < -0.39 is 0 Å². The third-order valence-electron chi connectivity index (χ3n) is 2.99. The highest BCUT2D eigenvalue weighted by molar-refractivity contribution is 5.76. The Hall–Kier alpha value is -1.51. The minimum absolute atomic E-state index is 0.0771. The van der Waals surface area contributed by atoms with E-state index in [4.69, 9.17) is 14.2 Å². The molecule has 0 bridgehead atoms. The van der Waals surface area contributed by atoms with Crippen LogP contribution in [-0.2, 0) is 28.6 Å². The number of hydrogen-bond donors (Lipinski definition) is 2. The Kier molecular flexibility index (Phi) is 21.3. The van der Waals surface area contributed by atoms with Gasteiger partial charge in [-0.3, -0.25) is 14.4 Å². The molecule has 0 aliphatic heterocycles. The lowest BCUT2D eigenvalue weighted by atomic mass is 10.3. The molecule has 0 aliphatic carbocycles. The van der Waals surface area contributed by atoms with Gasteiger partial charge in [0.2, 0.25) is 11.8 Å². The summed E-state index contributed by atoms with van der Waals surface area (Å²) in [4.78, 5) is 33.7. The normalized spacial score (nSPS) is 10.1. The Morgan fingerprint density at radius 1 is 0.741 bits per heavy atom. The lowest BCUT2D eigenvalue weighted by molar-refractivity contribution is -0.124. The Morgan fingerprint density at radius 2 is 1.19 bits per heavy atom. The van der Waals surface area contributed by atoms with Crippen molar-refractivity contribution in [1.82, 2.24) is 10.6 Å². The van der Waals surface area contributed by atoms with E-state index in [2.05, 4.69) is 10.6 Å². The monoisotopic (exact) mass is 390 g/mol. The first-order valence-electron chi connectivity index (χ1n) is 9.71. The van der Waals surface area contributed by atoms with Crippen molar-refractivity contribution < 1.29 is 28.6 Å². The van der Waals surface area contributed by atoms with E-state index >= 15 is 0 Å². The molecule has 0 saturated heterocycles. The minimum atomic E-state index is -0.120. The van der Waals surface area contributed by atoms with Crippen LogP contribution in [0.1, 0.15) is 53.9 Å². The summed E-state index contributed by atoms with van der Waals surface area (Å²) in [5.41, 5.74) is 0. The van der Waals surface area contributed by atoms with Crippen molar-refractivity contribution in [1.29, 1.82) is 0 Å². The largest absolute Gasteiger partial charge is 0.379 e. The molecule has 0 aromatic carbocycles. The zero-order valence-electron chi connectivity index (χ0n) is 17.6. The molecule has 0 unspecified atom stereocenters. The molecule has 0 spiro atoms. The molecule has 0 aliphatic rings. The third kappa shape index (κ3) is 24.5. The first-order valence-corrected chi connectivity index (χ1v) is 9.71. The van der Waals surface area contributed by atoms with Crippen molar-refractivity contribution in [2.24, 2.45) is 0 Å². The lowest BCUT2D eigenvalue weighted by Gasteiger charge is -2.09. The summed E-state index contributed by atoms with van der Waals surface area (Å²) in [6.07, 6.45) is 1.09. The zero-order chi connectivity index (χ0) is 20.9. The Labute approximate surface area is 163 Å². The van der Waals surface area contributed by atoms with E-state index in [1.165, 1.54) is 6.92 Å². The molecule has 0 aromatic rings. The van der Waals surface area contributed by atoms with Gasteiger partial charge in [-0.15, -0.1) is 0 Å². The molecular weight excluding hydrogens is 352 g/mol. The first kappa shape index (κ1) is 27.7. The van der Waals surface area contributed by atoms with Crippen molar-refractivity contribution >= 4 is 17.6 Å². The highest BCUT2D eigenvalue weighted by atomic mass is 16.5. The van der Waals surface area contributed by atoms with Crippen molar-refractivity contribution in [2.45, 2.75) is 60.0 Å². The number of Topliss-reactive ketones (excluding diaryl/α,β-unsaturated/α-hetero) is 1. The molecule has 27 heavy (non-hydrogen) atoms. The number of ether oxygens (including phenoxy) is 3. The van der Waals surface area contributed by atoms with Crippen LogP contribution in [0.25, 0.3) is 0 Å². The molecule has 160 valence electrons. The second-order valence-corrected chi connectivity index (χ2v) is 5.80. The van der Waals surface area contributed by atoms with Gasteiger partial charge >= 0.3 is 0 Å². The number of ketones is 1. The van der Waals surface area contributed by atoms with Gasteiger partial charge in [-0.1, -0.05) is 13.8 Å². The van der Waals surface area contributed by atoms with Gasteiger partial charge in [-0.25, -0.2) is 0 Å². The lowest BCUT2D eigenvalue weighted by Crippen LogP contribution is -2.30. The molecule has 0 radical (unpaired) electrons. The first-order chi connectivity index (χ1) is 12.9. The maximum absolute atomic E-state index is 11.5. The van der Waals surface area contributed by atoms with Gasteiger partial charge in [-0.2, -0.15) is 0 Å². The second-order valence-electron chi connectivity index (χ2n) is 5.80. The smallest absolute Gasteiger partial charge is 0.222 e. The van der Waals surface area contributed by atoms with Gasteiger partial charge in [0.05, 0.1) is 39.1 Å². The van der Waals surface area contributed by atoms with Crippen LogP contribution in [0.15, 0.2) is 0 Å². The summed E-state index contributed by atoms with van der Waals surface area (Å²) in [5.74, 6) is -0.113. The molecular formula is C19H38N2O6. The Balaban J connectivity index is 0. The van der Waals surface area contributed by atoms with E-state index in [0.29, 0.717) is 59.0 Å². The molecule has 0 fully saturated rings. The molecule has 0 heterocycles. The van der Waals surface area contributed by atoms with Crippen LogP contribution in [0.2, 0.25) is 0 Å². The van der Waals surface area contributed by atoms with Crippen LogP contribution in [0.5, 0.6) is 0 Å². The minimum Gasteiger partial charge on any atom is -0.379 e. The summed E-state index contributed by atoms with van der Waals surface area (Å²) in [7, 11) is 0. The zero-order valence-corrected chi connectivity index (χ0v) is 17.6. The van der Waals surface area contributed by atoms with E-state index in [0.717, 1.165) is 0 Å². The van der Waals surface area contributed by atoms with Crippen molar-refractivity contribution in [3.8, 4) is 0 Å². The molecule has 0 rings (SSSR count). The fraction of sp³-hybridized carbons (Fsp3) is 0.842. The number of amides is 2. The summed E-state index contributed by atoms with van der Waals surface area (Å²) < 4.78 is 15.8. The van der Waals surface area contributed by atoms with Gasteiger partial charge in [0.1, 0.15) is 5.78 Å². The number of rotatable bonds is 16. The summed E-state index contributed by atoms with van der Waals surface area (Å²) >= 11 is 0. The third-order valence-corrected chi connectivity index (χ3v) is 2.99. The number of carbonyl (C=O) groups is 3. The van der Waals surface area contributed by atoms with Crippen LogP contribution < -0.4 is 10.6 Å². The fourth-order valence-corrected chi connectivity index (χ4v) is 1.67. The van der Waals surface area contributed by atoms with Crippen LogP contribution in [0.3, 0.4) is 0 Å². The fourth-order valence-electron chi connectivity index (χ4n) is 1.67. The summed E-state index contributed by atoms with van der Waals surface area (Å²) in [5, 5.41) is 5.42. The van der Waals surface area contributed by atoms with E-state index in [-0.39, 0.29) is 30.1 Å². The van der Waals surface area contributed by atoms with Gasteiger partial charge in [0.25, 0.3) is 0 Å². The number of hydrogen-bond acceptors (Lipinski definition) is 6. The van der Waals surface area contributed by atoms with Crippen LogP contribution in [0, 0.1) is 0 Å². The SMILES string of the molecule is CC.CC(=O)CCOCCNC(=O)CCOCCNC(=O)CCOC(C)C. The number of nitrogens with one attached hydrogen (secondary N) is 2. The average molecular weight is 391 g/mol. The topological polar surface area (TPSA) is 103 Å². The molecule has 0 aromatic heterocycles. The quantitative estimate of drug-likeness (QED) is 0.387. The Morgan fingerprint density at radius 3 is 1.63 bits per heavy atom. The maximum Gasteiger partial charge on any atom is 0.222 e. The van der Waals surface area contributed by atoms with Gasteiger partial charge in [-0.05, 0) is 20.8 Å². The maximum atomic E-state index is 11.5. The van der Waals surface area contributed by atoms with E-state index in [9.17, 15) is 14.4 Å². The molecule has 2 N–H and O–H groups in total. The highest BCUT2D eigenvalue weighted by Gasteiger charge is 2.03. The number of carbonyl (C=O) groups excluding carboxylic acids is 3. The summed E-state index contributed by atoms with van der Waals surface area (Å²) in [6.45, 7) is 12.0. The highest BCUT2D eigenvalue weighted by Crippen LogP contribution is 1.90. The predicted molar refractivity (Wildman–Crippen MR) is 105 cm³/mol. The Bertz CT molecular complexity index is 388. The molecule has 0 atom stereocenters. The van der Waals surface area contributed by atoms with Crippen LogP contribution >= 0.6 is 0 Å². The standard InChI is InChI=1S/C17H32N2O6.C2H6/c1-14(2)25-11-6-17(22)19-8-13-24-10-5-16(21)18-7-12-23-9-4-15(3)20;1-2/h14H,4-13H2,1-3H3,(H,18,21)(H,19,22);1-2H3. The summed E-state index contributed by atoms with van der Waals surface area (Å²) in [6, 6.07) is 0. The van der Waals surface area contributed by atoms with Crippen LogP contribution in [-0.4, -0.2) is 69.8 Å². The second kappa shape index (κ2) is 20.8.